The molecule has 3 aromatic carbocycles. The number of hydrogen-bond donors (Lipinski definition) is 0. The number of carbonyl (C=O) groups excluding carboxylic acids is 2. The molecule has 0 atom stereocenters. The van der Waals surface area contributed by atoms with Gasteiger partial charge in [-0.3, -0.25) is 9.59 Å². The maximum atomic E-state index is 12.8. The van der Waals surface area contributed by atoms with Crippen LogP contribution in [0.25, 0.3) is 22.5 Å². The molecular formula is C31H28BrNO4. The molecule has 5 rings (SSSR count). The Kier molecular flexibility index (Phi) is 7.11. The van der Waals surface area contributed by atoms with E-state index in [1.807, 2.05) is 86.6 Å². The summed E-state index contributed by atoms with van der Waals surface area (Å²) >= 11 is 3.46. The molecule has 6 heteroatoms. The zero-order chi connectivity index (χ0) is 26.0. The predicted octanol–water partition coefficient (Wildman–Crippen LogP) is 7.03. The molecule has 188 valence electrons. The number of aryl methyl sites for hydroxylation is 1. The lowest BCUT2D eigenvalue weighted by Gasteiger charge is -2.14. The third-order valence-electron chi connectivity index (χ3n) is 6.98. The number of ether oxygens (including phenoxy) is 1. The smallest absolute Gasteiger partial charge is 0.316 e. The summed E-state index contributed by atoms with van der Waals surface area (Å²) in [4.78, 5) is 25.2. The maximum absolute atomic E-state index is 12.8. The van der Waals surface area contributed by atoms with Gasteiger partial charge in [0.15, 0.2) is 5.76 Å². The van der Waals surface area contributed by atoms with Crippen molar-refractivity contribution in [2.75, 3.05) is 6.61 Å². The minimum Gasteiger partial charge on any atom is -0.465 e. The van der Waals surface area contributed by atoms with Gasteiger partial charge in [-0.2, -0.15) is 0 Å². The van der Waals surface area contributed by atoms with Crippen LogP contribution in [-0.2, 0) is 32.6 Å². The molecule has 0 radical (unpaired) electrons. The number of benzene rings is 3. The highest BCUT2D eigenvalue weighted by Crippen LogP contribution is 2.49. The fourth-order valence-electron chi connectivity index (χ4n) is 4.76. The molecule has 0 bridgehead atoms. The maximum Gasteiger partial charge on any atom is 0.316 e. The minimum absolute atomic E-state index is 0.110. The first kappa shape index (κ1) is 25.2. The van der Waals surface area contributed by atoms with Gasteiger partial charge in [0, 0.05) is 28.4 Å². The topological polar surface area (TPSA) is 69.4 Å². The van der Waals surface area contributed by atoms with Crippen LogP contribution in [0.15, 0.2) is 81.8 Å². The van der Waals surface area contributed by atoms with Crippen LogP contribution < -0.4 is 0 Å². The lowest BCUT2D eigenvalue weighted by Crippen LogP contribution is -2.23. The Morgan fingerprint density at radius 2 is 1.59 bits per heavy atom. The van der Waals surface area contributed by atoms with E-state index in [2.05, 4.69) is 21.1 Å². The molecule has 0 saturated heterocycles. The third-order valence-corrected chi connectivity index (χ3v) is 7.48. The van der Waals surface area contributed by atoms with Crippen LogP contribution in [0.2, 0.25) is 0 Å². The standard InChI is InChI=1S/C31H28BrNO4/c1-3-36-30(35)31(15-16-31)25-13-11-23(12-14-25)22-7-9-24(10-8-22)29-28(20(2)33-37-29)19-27(34)18-21-5-4-6-26(32)17-21/h4-14,17H,3,15-16,18-19H2,1-2H3. The quantitative estimate of drug-likeness (QED) is 0.206. The van der Waals surface area contributed by atoms with E-state index < -0.39 is 5.41 Å². The van der Waals surface area contributed by atoms with E-state index in [-0.39, 0.29) is 18.2 Å². The van der Waals surface area contributed by atoms with Gasteiger partial charge in [-0.15, -0.1) is 0 Å². The van der Waals surface area contributed by atoms with Crippen molar-refractivity contribution < 1.29 is 18.8 Å². The second-order valence-electron chi connectivity index (χ2n) is 9.56. The van der Waals surface area contributed by atoms with Crippen molar-refractivity contribution in [2.45, 2.75) is 44.9 Å². The van der Waals surface area contributed by atoms with Gasteiger partial charge < -0.3 is 9.26 Å². The number of Topliss-reactive ketones (excluding diaryl/α,β-unsaturated/α-hetero) is 1. The van der Waals surface area contributed by atoms with E-state index >= 15 is 0 Å². The molecule has 4 aromatic rings. The highest BCUT2D eigenvalue weighted by Gasteiger charge is 2.52. The summed E-state index contributed by atoms with van der Waals surface area (Å²) in [6.45, 7) is 4.11. The summed E-state index contributed by atoms with van der Waals surface area (Å²) in [6, 6.07) is 24.0. The first-order chi connectivity index (χ1) is 17.9. The molecule has 0 spiro atoms. The van der Waals surface area contributed by atoms with Gasteiger partial charge in [-0.1, -0.05) is 81.8 Å². The summed E-state index contributed by atoms with van der Waals surface area (Å²) in [6.07, 6.45) is 2.30. The zero-order valence-corrected chi connectivity index (χ0v) is 22.5. The Labute approximate surface area is 225 Å². The molecule has 5 nitrogen and oxygen atoms in total. The third kappa shape index (κ3) is 5.30. The van der Waals surface area contributed by atoms with Crippen LogP contribution in [-0.4, -0.2) is 23.5 Å². The molecule has 1 aliphatic rings. The van der Waals surface area contributed by atoms with Crippen LogP contribution in [0, 0.1) is 6.92 Å². The monoisotopic (exact) mass is 557 g/mol. The first-order valence-electron chi connectivity index (χ1n) is 12.5. The van der Waals surface area contributed by atoms with Crippen molar-refractivity contribution in [1.29, 1.82) is 0 Å². The van der Waals surface area contributed by atoms with Crippen molar-refractivity contribution in [3.63, 3.8) is 0 Å². The summed E-state index contributed by atoms with van der Waals surface area (Å²) in [5, 5.41) is 4.14. The van der Waals surface area contributed by atoms with Crippen LogP contribution in [0.4, 0.5) is 0 Å². The van der Waals surface area contributed by atoms with Crippen molar-refractivity contribution in [1.82, 2.24) is 5.16 Å². The average Bonchev–Trinajstić information content (AvgIpc) is 3.64. The van der Waals surface area contributed by atoms with Gasteiger partial charge in [-0.05, 0) is 61.1 Å². The Morgan fingerprint density at radius 3 is 2.22 bits per heavy atom. The van der Waals surface area contributed by atoms with Crippen molar-refractivity contribution in [3.05, 3.63) is 99.7 Å². The Hall–Kier alpha value is -3.51. The SMILES string of the molecule is CCOC(=O)C1(c2ccc(-c3ccc(-c4onc(C)c4CC(=O)Cc4cccc(Br)c4)cc3)cc2)CC1. The molecule has 1 aromatic heterocycles. The number of rotatable bonds is 9. The van der Waals surface area contributed by atoms with Crippen molar-refractivity contribution >= 4 is 27.7 Å². The lowest BCUT2D eigenvalue weighted by atomic mass is 9.93. The van der Waals surface area contributed by atoms with E-state index in [1.54, 1.807) is 0 Å². The molecule has 0 unspecified atom stereocenters. The van der Waals surface area contributed by atoms with Gasteiger partial charge in [0.2, 0.25) is 0 Å². The molecule has 1 fully saturated rings. The predicted molar refractivity (Wildman–Crippen MR) is 146 cm³/mol. The average molecular weight is 558 g/mol. The van der Waals surface area contributed by atoms with Gasteiger partial charge in [0.1, 0.15) is 5.78 Å². The van der Waals surface area contributed by atoms with Crippen molar-refractivity contribution in [2.24, 2.45) is 0 Å². The Bertz CT molecular complexity index is 1430. The number of carbonyl (C=O) groups is 2. The molecule has 37 heavy (non-hydrogen) atoms. The first-order valence-corrected chi connectivity index (χ1v) is 13.3. The summed E-state index contributed by atoms with van der Waals surface area (Å²) in [5.74, 6) is 0.617. The second-order valence-corrected chi connectivity index (χ2v) is 10.5. The zero-order valence-electron chi connectivity index (χ0n) is 20.9. The largest absolute Gasteiger partial charge is 0.465 e. The van der Waals surface area contributed by atoms with Gasteiger partial charge >= 0.3 is 5.97 Å². The highest BCUT2D eigenvalue weighted by atomic mass is 79.9. The summed E-state index contributed by atoms with van der Waals surface area (Å²) < 4.78 is 11.9. The molecule has 1 saturated carbocycles. The number of halogens is 1. The van der Waals surface area contributed by atoms with Crippen LogP contribution in [0.1, 0.15) is 42.1 Å². The number of esters is 1. The van der Waals surface area contributed by atoms with Crippen molar-refractivity contribution in [3.8, 4) is 22.5 Å². The number of ketones is 1. The van der Waals surface area contributed by atoms with Gasteiger partial charge in [0.05, 0.1) is 17.7 Å². The Morgan fingerprint density at radius 1 is 0.946 bits per heavy atom. The lowest BCUT2D eigenvalue weighted by molar-refractivity contribution is -0.146. The number of hydrogen-bond acceptors (Lipinski definition) is 5. The van der Waals surface area contributed by atoms with Gasteiger partial charge in [0.25, 0.3) is 0 Å². The fourth-order valence-corrected chi connectivity index (χ4v) is 5.21. The molecule has 0 aliphatic heterocycles. The van der Waals surface area contributed by atoms with E-state index in [0.717, 1.165) is 56.4 Å². The van der Waals surface area contributed by atoms with Crippen LogP contribution >= 0.6 is 15.9 Å². The molecule has 0 N–H and O–H groups in total. The second kappa shape index (κ2) is 10.5. The number of aromatic nitrogens is 1. The normalized spacial score (nSPS) is 13.8. The molecule has 1 heterocycles. The summed E-state index contributed by atoms with van der Waals surface area (Å²) in [5.41, 5.74) is 6.07. The minimum atomic E-state index is -0.465. The van der Waals surface area contributed by atoms with Crippen LogP contribution in [0.5, 0.6) is 0 Å². The Balaban J connectivity index is 1.31. The highest BCUT2D eigenvalue weighted by molar-refractivity contribution is 9.10. The van der Waals surface area contributed by atoms with E-state index in [9.17, 15) is 9.59 Å². The van der Waals surface area contributed by atoms with Gasteiger partial charge in [-0.25, -0.2) is 0 Å². The van der Waals surface area contributed by atoms with E-state index in [0.29, 0.717) is 18.8 Å². The van der Waals surface area contributed by atoms with E-state index in [1.165, 1.54) is 0 Å². The van der Waals surface area contributed by atoms with E-state index in [4.69, 9.17) is 9.26 Å². The number of nitrogens with zero attached hydrogens (tertiary/aromatic N) is 1. The molecular weight excluding hydrogens is 530 g/mol. The molecule has 0 amide bonds. The summed E-state index contributed by atoms with van der Waals surface area (Å²) in [7, 11) is 0. The molecule has 1 aliphatic carbocycles. The van der Waals surface area contributed by atoms with Crippen LogP contribution in [0.3, 0.4) is 0 Å². The fraction of sp³-hybridized carbons (Fsp3) is 0.258.